The predicted octanol–water partition coefficient (Wildman–Crippen LogP) is 2.64. The van der Waals surface area contributed by atoms with E-state index < -0.39 is 27.4 Å². The second kappa shape index (κ2) is 9.62. The summed E-state index contributed by atoms with van der Waals surface area (Å²) in [5, 5.41) is 0. The molecule has 2 unspecified atom stereocenters. The molecule has 0 saturated heterocycles. The molecule has 1 aromatic rings. The molecular weight excluding hydrogens is 317 g/mol. The smallest absolute Gasteiger partial charge is 0.128 e. The van der Waals surface area contributed by atoms with Crippen molar-refractivity contribution < 1.29 is 13.3 Å². The summed E-state index contributed by atoms with van der Waals surface area (Å²) in [5.41, 5.74) is 12.3. The van der Waals surface area contributed by atoms with Crippen LogP contribution >= 0.6 is 0 Å². The first-order valence-corrected chi connectivity index (χ1v) is 8.73. The van der Waals surface area contributed by atoms with Crippen molar-refractivity contribution in [1.82, 2.24) is 0 Å². The zero-order valence-electron chi connectivity index (χ0n) is 14.7. The van der Waals surface area contributed by atoms with E-state index in [1.54, 1.807) is 28.1 Å². The summed E-state index contributed by atoms with van der Waals surface area (Å²) >= 11 is 0. The molecule has 1 heterocycles. The Kier molecular flexibility index (Phi) is 9.01. The molecule has 132 valence electrons. The molecule has 23 heavy (non-hydrogen) atoms. The number of nitrogen functional groups attached to an aromatic ring is 1. The molecule has 1 aliphatic heterocycles. The highest BCUT2D eigenvalue weighted by Crippen LogP contribution is 2.31. The standard InChI is InChI=1S/C12H16FN3OS.C2H6O.C2H6/c1-12(2)11(15)16-10(6-18(12)17)8-5-7(14)3-4-9(8)13;1-3-2;1-2/h3-5,10H,6,14H2,1-2H3,(H2,15,16);1-2H3;1-2H3. The summed E-state index contributed by atoms with van der Waals surface area (Å²) < 4.78 is 29.4. The summed E-state index contributed by atoms with van der Waals surface area (Å²) in [4.78, 5) is 4.26. The molecule has 0 saturated carbocycles. The molecule has 4 N–H and O–H groups in total. The fourth-order valence-electron chi connectivity index (χ4n) is 1.81. The van der Waals surface area contributed by atoms with Gasteiger partial charge in [-0.1, -0.05) is 13.8 Å². The molecule has 0 aliphatic carbocycles. The normalized spacial score (nSPS) is 22.0. The van der Waals surface area contributed by atoms with Gasteiger partial charge in [0.2, 0.25) is 0 Å². The zero-order chi connectivity index (χ0) is 18.2. The second-order valence-corrected chi connectivity index (χ2v) is 7.29. The van der Waals surface area contributed by atoms with Crippen molar-refractivity contribution in [3.05, 3.63) is 29.6 Å². The minimum absolute atomic E-state index is 0.258. The third-order valence-corrected chi connectivity index (χ3v) is 5.14. The fraction of sp³-hybridized carbons (Fsp3) is 0.562. The fourth-order valence-corrected chi connectivity index (χ4v) is 3.05. The van der Waals surface area contributed by atoms with Crippen LogP contribution in [0.25, 0.3) is 0 Å². The van der Waals surface area contributed by atoms with E-state index in [-0.39, 0.29) is 5.75 Å². The maximum atomic E-state index is 13.7. The van der Waals surface area contributed by atoms with Gasteiger partial charge in [0, 0.05) is 36.3 Å². The van der Waals surface area contributed by atoms with Crippen LogP contribution in [0.2, 0.25) is 0 Å². The molecule has 0 bridgehead atoms. The number of hydrogen-bond donors (Lipinski definition) is 2. The Morgan fingerprint density at radius 3 is 2.30 bits per heavy atom. The molecule has 7 heteroatoms. The highest BCUT2D eigenvalue weighted by atomic mass is 32.2. The lowest BCUT2D eigenvalue weighted by atomic mass is 10.1. The number of rotatable bonds is 1. The van der Waals surface area contributed by atoms with Gasteiger partial charge in [0.15, 0.2) is 0 Å². The Balaban J connectivity index is 0.000000868. The van der Waals surface area contributed by atoms with Gasteiger partial charge in [-0.3, -0.25) is 9.20 Å². The first-order valence-electron chi connectivity index (χ1n) is 7.41. The van der Waals surface area contributed by atoms with Crippen molar-refractivity contribution in [3.63, 3.8) is 0 Å². The maximum Gasteiger partial charge on any atom is 0.128 e. The van der Waals surface area contributed by atoms with Crippen LogP contribution in [0.4, 0.5) is 10.1 Å². The van der Waals surface area contributed by atoms with E-state index in [1.165, 1.54) is 18.2 Å². The predicted molar refractivity (Wildman–Crippen MR) is 96.5 cm³/mol. The quantitative estimate of drug-likeness (QED) is 0.766. The second-order valence-electron chi connectivity index (χ2n) is 5.24. The largest absolute Gasteiger partial charge is 0.399 e. The van der Waals surface area contributed by atoms with Crippen LogP contribution in [0.5, 0.6) is 0 Å². The van der Waals surface area contributed by atoms with Crippen LogP contribution in [-0.2, 0) is 15.5 Å². The van der Waals surface area contributed by atoms with Gasteiger partial charge in [-0.15, -0.1) is 0 Å². The first-order chi connectivity index (χ1) is 10.7. The molecule has 0 amide bonds. The van der Waals surface area contributed by atoms with Gasteiger partial charge >= 0.3 is 0 Å². The van der Waals surface area contributed by atoms with Crippen molar-refractivity contribution >= 4 is 22.3 Å². The number of benzene rings is 1. The summed E-state index contributed by atoms with van der Waals surface area (Å²) in [7, 11) is 2.06. The number of ether oxygens (including phenoxy) is 1. The summed E-state index contributed by atoms with van der Waals surface area (Å²) in [6, 6.07) is 3.77. The van der Waals surface area contributed by atoms with Crippen LogP contribution in [0.3, 0.4) is 0 Å². The van der Waals surface area contributed by atoms with Crippen molar-refractivity contribution in [2.24, 2.45) is 10.7 Å². The molecule has 5 nitrogen and oxygen atoms in total. The van der Waals surface area contributed by atoms with Gasteiger partial charge in [0.05, 0.1) is 16.5 Å². The Morgan fingerprint density at radius 2 is 1.83 bits per heavy atom. The molecule has 0 radical (unpaired) electrons. The molecule has 2 atom stereocenters. The van der Waals surface area contributed by atoms with Gasteiger partial charge in [-0.2, -0.15) is 0 Å². The summed E-state index contributed by atoms with van der Waals surface area (Å²) in [6.45, 7) is 7.54. The first kappa shape index (κ1) is 21.5. The van der Waals surface area contributed by atoms with E-state index in [2.05, 4.69) is 9.73 Å². The minimum Gasteiger partial charge on any atom is -0.399 e. The summed E-state index contributed by atoms with van der Waals surface area (Å²) in [6.07, 6.45) is 0. The van der Waals surface area contributed by atoms with Gasteiger partial charge in [-0.25, -0.2) is 4.39 Å². The number of anilines is 1. The van der Waals surface area contributed by atoms with Crippen LogP contribution in [0, 0.1) is 5.82 Å². The lowest BCUT2D eigenvalue weighted by Gasteiger charge is -2.31. The summed E-state index contributed by atoms with van der Waals surface area (Å²) in [5.74, 6) is 0.148. The average Bonchev–Trinajstić information content (AvgIpc) is 2.50. The van der Waals surface area contributed by atoms with E-state index in [0.29, 0.717) is 17.1 Å². The lowest BCUT2D eigenvalue weighted by Crippen LogP contribution is -2.47. The molecule has 1 aliphatic rings. The maximum absolute atomic E-state index is 13.7. The van der Waals surface area contributed by atoms with E-state index >= 15 is 0 Å². The number of hydrogen-bond acceptors (Lipinski definition) is 5. The monoisotopic (exact) mass is 345 g/mol. The number of nitrogens with zero attached hydrogens (tertiary/aromatic N) is 1. The topological polar surface area (TPSA) is 90.7 Å². The Hall–Kier alpha value is -1.47. The van der Waals surface area contributed by atoms with Crippen molar-refractivity contribution in [3.8, 4) is 0 Å². The van der Waals surface area contributed by atoms with Gasteiger partial charge in [0.25, 0.3) is 0 Å². The van der Waals surface area contributed by atoms with E-state index in [0.717, 1.165) is 0 Å². The van der Waals surface area contributed by atoms with E-state index in [1.807, 2.05) is 13.8 Å². The molecule has 2 rings (SSSR count). The van der Waals surface area contributed by atoms with Crippen LogP contribution < -0.4 is 11.5 Å². The van der Waals surface area contributed by atoms with Crippen molar-refractivity contribution in [1.29, 1.82) is 0 Å². The minimum atomic E-state index is -1.19. The molecule has 0 fully saturated rings. The number of halogens is 1. The van der Waals surface area contributed by atoms with Crippen LogP contribution in [0.15, 0.2) is 23.2 Å². The van der Waals surface area contributed by atoms with Crippen molar-refractivity contribution in [2.45, 2.75) is 38.5 Å². The van der Waals surface area contributed by atoms with Gasteiger partial charge < -0.3 is 16.2 Å². The van der Waals surface area contributed by atoms with Gasteiger partial charge in [-0.05, 0) is 32.0 Å². The van der Waals surface area contributed by atoms with Crippen LogP contribution in [-0.4, -0.2) is 34.8 Å². The molecular formula is C16H28FN3O2S. The van der Waals surface area contributed by atoms with Gasteiger partial charge in [0.1, 0.15) is 11.7 Å². The van der Waals surface area contributed by atoms with Crippen LogP contribution in [0.1, 0.15) is 39.3 Å². The number of aliphatic imine (C=N–C) groups is 1. The Bertz CT molecular complexity index is 562. The molecule has 1 aromatic carbocycles. The van der Waals surface area contributed by atoms with Crippen molar-refractivity contribution in [2.75, 3.05) is 25.7 Å². The number of amidine groups is 1. The lowest BCUT2D eigenvalue weighted by molar-refractivity contribution is 0.277. The number of methoxy groups -OCH3 is 1. The SMILES string of the molecule is CC.CC1(C)C(N)=NC(c2cc(N)ccc2F)CS1=O.COC. The highest BCUT2D eigenvalue weighted by molar-refractivity contribution is 7.87. The third-order valence-electron chi connectivity index (χ3n) is 3.17. The molecule has 0 aromatic heterocycles. The average molecular weight is 345 g/mol. The molecule has 0 spiro atoms. The highest BCUT2D eigenvalue weighted by Gasteiger charge is 2.37. The Labute approximate surface area is 140 Å². The third kappa shape index (κ3) is 5.58. The van der Waals surface area contributed by atoms with E-state index in [9.17, 15) is 8.60 Å². The Morgan fingerprint density at radius 1 is 1.30 bits per heavy atom. The van der Waals surface area contributed by atoms with E-state index in [4.69, 9.17) is 11.5 Å². The number of nitrogens with two attached hydrogens (primary N) is 2. The zero-order valence-corrected chi connectivity index (χ0v) is 15.5.